The van der Waals surface area contributed by atoms with E-state index in [9.17, 15) is 4.79 Å². The van der Waals surface area contributed by atoms with Gasteiger partial charge in [-0.05, 0) is 49.4 Å². The van der Waals surface area contributed by atoms with Crippen molar-refractivity contribution in [3.05, 3.63) is 89.8 Å². The van der Waals surface area contributed by atoms with Gasteiger partial charge in [0.05, 0.1) is 19.1 Å². The number of hydrogen-bond donors (Lipinski definition) is 2. The molecule has 0 unspecified atom stereocenters. The lowest BCUT2D eigenvalue weighted by atomic mass is 9.63. The standard InChI is InChI=1S/C28H30N4O2/c1-34-27-5-3-2-4-21(27)15-26(33)20-8-10-28(11-9-20,16-24-18-30-19-32-24)23-6-7-25-22(14-23)17-29-12-13-31-25/h2-7,12-14,17-20,31H,8-11,15-16H2,1H3,(H,30,32). The Morgan fingerprint density at radius 3 is 2.82 bits per heavy atom. The van der Waals surface area contributed by atoms with Crippen LogP contribution in [0, 0.1) is 5.92 Å². The SMILES string of the molecule is COc1ccccc1CC(=O)C1CCC(Cc2c[nH]cn2)(c2ccc3c(c2)C=NC=CN3)CC1. The van der Waals surface area contributed by atoms with Gasteiger partial charge in [0.1, 0.15) is 11.5 Å². The lowest BCUT2D eigenvalue weighted by Gasteiger charge is -2.40. The average Bonchev–Trinajstić information content (AvgIpc) is 3.26. The first kappa shape index (κ1) is 22.1. The van der Waals surface area contributed by atoms with Crippen LogP contribution in [0.4, 0.5) is 5.69 Å². The fraction of sp³-hybridized carbons (Fsp3) is 0.321. The predicted molar refractivity (Wildman–Crippen MR) is 134 cm³/mol. The number of hydrogen-bond acceptors (Lipinski definition) is 5. The number of aromatic amines is 1. The maximum absolute atomic E-state index is 13.2. The second kappa shape index (κ2) is 9.67. The predicted octanol–water partition coefficient (Wildman–Crippen LogP) is 5.22. The van der Waals surface area contributed by atoms with Crippen molar-refractivity contribution < 1.29 is 9.53 Å². The molecule has 1 aromatic heterocycles. The van der Waals surface area contributed by atoms with E-state index in [0.29, 0.717) is 12.2 Å². The Labute approximate surface area is 200 Å². The molecule has 1 aliphatic carbocycles. The summed E-state index contributed by atoms with van der Waals surface area (Å²) in [5, 5.41) is 3.29. The average molecular weight is 455 g/mol. The van der Waals surface area contributed by atoms with Gasteiger partial charge >= 0.3 is 0 Å². The van der Waals surface area contributed by atoms with Gasteiger partial charge in [-0.1, -0.05) is 24.3 Å². The first-order chi connectivity index (χ1) is 16.7. The third-order valence-corrected chi connectivity index (χ3v) is 7.31. The Kier molecular flexibility index (Phi) is 6.30. The number of anilines is 1. The molecule has 6 heteroatoms. The molecule has 1 saturated carbocycles. The van der Waals surface area contributed by atoms with Crippen LogP contribution < -0.4 is 10.1 Å². The smallest absolute Gasteiger partial charge is 0.140 e. The number of H-pyrrole nitrogens is 1. The van der Waals surface area contributed by atoms with Crippen LogP contribution in [-0.4, -0.2) is 29.1 Å². The van der Waals surface area contributed by atoms with E-state index < -0.39 is 0 Å². The number of aliphatic imine (C=N–C) groups is 1. The summed E-state index contributed by atoms with van der Waals surface area (Å²) in [6, 6.07) is 14.4. The Morgan fingerprint density at radius 2 is 2.03 bits per heavy atom. The monoisotopic (exact) mass is 454 g/mol. The summed E-state index contributed by atoms with van der Waals surface area (Å²) in [7, 11) is 1.66. The van der Waals surface area contributed by atoms with E-state index in [1.54, 1.807) is 19.6 Å². The van der Waals surface area contributed by atoms with Crippen LogP contribution >= 0.6 is 0 Å². The van der Waals surface area contributed by atoms with E-state index >= 15 is 0 Å². The number of Topliss-reactive ketones (excluding diaryl/α,β-unsaturated/α-hetero) is 1. The lowest BCUT2D eigenvalue weighted by Crippen LogP contribution is -2.36. The fourth-order valence-corrected chi connectivity index (χ4v) is 5.40. The summed E-state index contributed by atoms with van der Waals surface area (Å²) in [5.74, 6) is 1.17. The maximum Gasteiger partial charge on any atom is 0.140 e. The topological polar surface area (TPSA) is 79.4 Å². The quantitative estimate of drug-likeness (QED) is 0.513. The van der Waals surface area contributed by atoms with Crippen LogP contribution in [0.1, 0.15) is 48.1 Å². The van der Waals surface area contributed by atoms with Crippen LogP contribution in [0.3, 0.4) is 0 Å². The van der Waals surface area contributed by atoms with Crippen molar-refractivity contribution in [2.24, 2.45) is 10.9 Å². The molecule has 2 heterocycles. The molecular weight excluding hydrogens is 424 g/mol. The Bertz CT molecular complexity index is 1200. The van der Waals surface area contributed by atoms with Gasteiger partial charge in [0, 0.05) is 65.8 Å². The van der Waals surface area contributed by atoms with E-state index in [0.717, 1.165) is 60.4 Å². The summed E-state index contributed by atoms with van der Waals surface area (Å²) in [5.41, 5.74) is 5.39. The zero-order chi connectivity index (χ0) is 23.4. The molecule has 2 aromatic carbocycles. The molecule has 6 nitrogen and oxygen atoms in total. The number of carbonyl (C=O) groups excluding carboxylic acids is 1. The molecule has 2 aliphatic rings. The number of nitrogens with zero attached hydrogens (tertiary/aromatic N) is 2. The fourth-order valence-electron chi connectivity index (χ4n) is 5.40. The zero-order valence-corrected chi connectivity index (χ0v) is 19.5. The van der Waals surface area contributed by atoms with E-state index in [1.807, 2.05) is 42.9 Å². The van der Waals surface area contributed by atoms with Crippen molar-refractivity contribution in [3.8, 4) is 5.75 Å². The molecule has 174 valence electrons. The van der Waals surface area contributed by atoms with Gasteiger partial charge in [0.25, 0.3) is 0 Å². The number of rotatable bonds is 7. The minimum atomic E-state index is -0.0565. The molecule has 0 spiro atoms. The van der Waals surface area contributed by atoms with Crippen LogP contribution in [-0.2, 0) is 23.1 Å². The molecule has 0 radical (unpaired) electrons. The number of para-hydroxylation sites is 1. The Hall–Kier alpha value is -3.67. The molecular formula is C28H30N4O2. The van der Waals surface area contributed by atoms with Crippen LogP contribution in [0.2, 0.25) is 0 Å². The van der Waals surface area contributed by atoms with Gasteiger partial charge in [0.2, 0.25) is 0 Å². The van der Waals surface area contributed by atoms with Gasteiger partial charge in [-0.2, -0.15) is 0 Å². The first-order valence-electron chi connectivity index (χ1n) is 11.9. The number of benzene rings is 2. The summed E-state index contributed by atoms with van der Waals surface area (Å²) in [4.78, 5) is 25.2. The normalized spacial score (nSPS) is 21.4. The first-order valence-corrected chi connectivity index (χ1v) is 11.9. The highest BCUT2D eigenvalue weighted by Gasteiger charge is 2.39. The van der Waals surface area contributed by atoms with Gasteiger partial charge in [0.15, 0.2) is 0 Å². The van der Waals surface area contributed by atoms with Gasteiger partial charge in [-0.25, -0.2) is 4.98 Å². The minimum Gasteiger partial charge on any atom is -0.496 e. The number of imidazole rings is 1. The molecule has 2 N–H and O–H groups in total. The van der Waals surface area contributed by atoms with Gasteiger partial charge in [-0.15, -0.1) is 0 Å². The van der Waals surface area contributed by atoms with Gasteiger partial charge < -0.3 is 15.0 Å². The zero-order valence-electron chi connectivity index (χ0n) is 19.5. The molecule has 1 fully saturated rings. The molecule has 0 amide bonds. The highest BCUT2D eigenvalue weighted by molar-refractivity contribution is 5.89. The molecule has 1 aliphatic heterocycles. The molecule has 0 saturated heterocycles. The Morgan fingerprint density at radius 1 is 1.18 bits per heavy atom. The van der Waals surface area contributed by atoms with E-state index in [-0.39, 0.29) is 11.3 Å². The largest absolute Gasteiger partial charge is 0.496 e. The number of nitrogens with one attached hydrogen (secondary N) is 2. The molecule has 5 rings (SSSR count). The van der Waals surface area contributed by atoms with Crippen molar-refractivity contribution in [1.29, 1.82) is 0 Å². The number of ketones is 1. The second-order valence-electron chi connectivity index (χ2n) is 9.29. The van der Waals surface area contributed by atoms with Crippen LogP contribution in [0.25, 0.3) is 0 Å². The number of fused-ring (bicyclic) bond motifs is 1. The van der Waals surface area contributed by atoms with Crippen molar-refractivity contribution in [2.45, 2.75) is 43.9 Å². The van der Waals surface area contributed by atoms with Crippen molar-refractivity contribution in [1.82, 2.24) is 9.97 Å². The molecule has 0 bridgehead atoms. The molecule has 3 aromatic rings. The third-order valence-electron chi connectivity index (χ3n) is 7.31. The summed E-state index contributed by atoms with van der Waals surface area (Å²) >= 11 is 0. The lowest BCUT2D eigenvalue weighted by molar-refractivity contribution is -0.123. The number of methoxy groups -OCH3 is 1. The summed E-state index contributed by atoms with van der Waals surface area (Å²) < 4.78 is 5.46. The molecule has 0 atom stereocenters. The minimum absolute atomic E-state index is 0.0565. The van der Waals surface area contributed by atoms with Crippen molar-refractivity contribution in [2.75, 3.05) is 12.4 Å². The van der Waals surface area contributed by atoms with Gasteiger partial charge in [-0.3, -0.25) is 9.79 Å². The summed E-state index contributed by atoms with van der Waals surface area (Å²) in [6.45, 7) is 0. The maximum atomic E-state index is 13.2. The summed E-state index contributed by atoms with van der Waals surface area (Å²) in [6.07, 6.45) is 14.2. The highest BCUT2D eigenvalue weighted by atomic mass is 16.5. The second-order valence-corrected chi connectivity index (χ2v) is 9.29. The number of ether oxygens (including phenoxy) is 1. The number of carbonyl (C=O) groups is 1. The van der Waals surface area contributed by atoms with E-state index in [4.69, 9.17) is 4.74 Å². The van der Waals surface area contributed by atoms with Crippen LogP contribution in [0.5, 0.6) is 5.75 Å². The molecule has 34 heavy (non-hydrogen) atoms. The number of aromatic nitrogens is 2. The van der Waals surface area contributed by atoms with E-state index in [1.165, 1.54) is 5.56 Å². The Balaban J connectivity index is 1.37. The van der Waals surface area contributed by atoms with E-state index in [2.05, 4.69) is 38.5 Å². The van der Waals surface area contributed by atoms with Crippen molar-refractivity contribution in [3.63, 3.8) is 0 Å². The third kappa shape index (κ3) is 4.53. The van der Waals surface area contributed by atoms with Crippen LogP contribution in [0.15, 0.2) is 72.4 Å². The van der Waals surface area contributed by atoms with Crippen molar-refractivity contribution >= 4 is 17.7 Å². The highest BCUT2D eigenvalue weighted by Crippen LogP contribution is 2.45.